The molecule has 124 valence electrons. The van der Waals surface area contributed by atoms with Gasteiger partial charge in [0.2, 0.25) is 5.91 Å². The molecule has 0 saturated carbocycles. The van der Waals surface area contributed by atoms with Gasteiger partial charge in [-0.25, -0.2) is 4.79 Å². The number of aryl methyl sites for hydroxylation is 1. The van der Waals surface area contributed by atoms with Gasteiger partial charge in [0.25, 0.3) is 0 Å². The molecule has 0 aromatic carbocycles. The lowest BCUT2D eigenvalue weighted by Gasteiger charge is -2.17. The van der Waals surface area contributed by atoms with Crippen molar-refractivity contribution in [3.63, 3.8) is 0 Å². The summed E-state index contributed by atoms with van der Waals surface area (Å²) in [5, 5.41) is 20.0. The van der Waals surface area contributed by atoms with E-state index < -0.39 is 12.0 Å². The van der Waals surface area contributed by atoms with Crippen LogP contribution in [-0.4, -0.2) is 57.3 Å². The number of rotatable bonds is 10. The standard InChI is InChI=1S/C13H22N4O4S/c1-9(2)11(12(19)20)15-10(18)7-22-13-16-14-8-17(13)5-4-6-21-3/h8-9,11H,4-7H2,1-3H3,(H,15,18)(H,19,20)/t11-/m1/s1. The molecule has 1 heterocycles. The topological polar surface area (TPSA) is 106 Å². The summed E-state index contributed by atoms with van der Waals surface area (Å²) in [4.78, 5) is 22.9. The van der Waals surface area contributed by atoms with Gasteiger partial charge in [-0.2, -0.15) is 0 Å². The van der Waals surface area contributed by atoms with E-state index in [4.69, 9.17) is 9.84 Å². The molecule has 0 radical (unpaired) electrons. The Morgan fingerprint density at radius 2 is 2.23 bits per heavy atom. The number of carboxylic acids is 1. The molecule has 1 atom stereocenters. The molecule has 1 amide bonds. The minimum Gasteiger partial charge on any atom is -0.480 e. The Hall–Kier alpha value is -1.61. The predicted molar refractivity (Wildman–Crippen MR) is 81.6 cm³/mol. The Kier molecular flexibility index (Phi) is 7.89. The van der Waals surface area contributed by atoms with E-state index in [1.54, 1.807) is 27.3 Å². The largest absolute Gasteiger partial charge is 0.480 e. The maximum atomic E-state index is 11.9. The molecular weight excluding hydrogens is 308 g/mol. The van der Waals surface area contributed by atoms with Crippen molar-refractivity contribution >= 4 is 23.6 Å². The fourth-order valence-corrected chi connectivity index (χ4v) is 2.50. The number of carboxylic acid groups (broad SMARTS) is 1. The summed E-state index contributed by atoms with van der Waals surface area (Å²) in [6.07, 6.45) is 2.42. The van der Waals surface area contributed by atoms with Crippen LogP contribution in [0.2, 0.25) is 0 Å². The molecule has 1 aromatic rings. The van der Waals surface area contributed by atoms with Crippen LogP contribution in [0, 0.1) is 5.92 Å². The van der Waals surface area contributed by atoms with E-state index in [9.17, 15) is 9.59 Å². The SMILES string of the molecule is COCCCn1cnnc1SCC(=O)N[C@@H](C(=O)O)C(C)C. The average Bonchev–Trinajstić information content (AvgIpc) is 2.89. The number of aromatic nitrogens is 3. The van der Waals surface area contributed by atoms with Crippen molar-refractivity contribution in [1.29, 1.82) is 0 Å². The number of hydrogen-bond donors (Lipinski definition) is 2. The lowest BCUT2D eigenvalue weighted by atomic mass is 10.1. The molecule has 0 fully saturated rings. The van der Waals surface area contributed by atoms with Gasteiger partial charge in [0.05, 0.1) is 5.75 Å². The highest BCUT2D eigenvalue weighted by molar-refractivity contribution is 7.99. The van der Waals surface area contributed by atoms with Crippen LogP contribution < -0.4 is 5.32 Å². The summed E-state index contributed by atoms with van der Waals surface area (Å²) in [5.41, 5.74) is 0. The summed E-state index contributed by atoms with van der Waals surface area (Å²) in [7, 11) is 1.64. The molecule has 1 rings (SSSR count). The fourth-order valence-electron chi connectivity index (χ4n) is 1.75. The van der Waals surface area contributed by atoms with Gasteiger partial charge in [0.1, 0.15) is 12.4 Å². The van der Waals surface area contributed by atoms with E-state index in [2.05, 4.69) is 15.5 Å². The Balaban J connectivity index is 2.47. The molecule has 0 aliphatic heterocycles. The average molecular weight is 330 g/mol. The van der Waals surface area contributed by atoms with E-state index in [0.717, 1.165) is 6.42 Å². The van der Waals surface area contributed by atoms with Gasteiger partial charge in [0.15, 0.2) is 5.16 Å². The molecule has 2 N–H and O–H groups in total. The first-order chi connectivity index (χ1) is 10.5. The number of amides is 1. The first-order valence-electron chi connectivity index (χ1n) is 6.97. The Morgan fingerprint density at radius 3 is 2.82 bits per heavy atom. The number of methoxy groups -OCH3 is 1. The molecule has 0 unspecified atom stereocenters. The molecule has 0 spiro atoms. The Labute approximate surface area is 133 Å². The van der Waals surface area contributed by atoms with E-state index in [0.29, 0.717) is 18.3 Å². The van der Waals surface area contributed by atoms with Gasteiger partial charge >= 0.3 is 5.97 Å². The molecule has 0 saturated heterocycles. The summed E-state index contributed by atoms with van der Waals surface area (Å²) in [5.74, 6) is -1.45. The summed E-state index contributed by atoms with van der Waals surface area (Å²) < 4.78 is 6.83. The maximum Gasteiger partial charge on any atom is 0.326 e. The van der Waals surface area contributed by atoms with Gasteiger partial charge in [-0.1, -0.05) is 25.6 Å². The third-order valence-corrected chi connectivity index (χ3v) is 3.89. The highest BCUT2D eigenvalue weighted by atomic mass is 32.2. The fraction of sp³-hybridized carbons (Fsp3) is 0.692. The van der Waals surface area contributed by atoms with Crippen molar-refractivity contribution in [1.82, 2.24) is 20.1 Å². The van der Waals surface area contributed by atoms with E-state index in [-0.39, 0.29) is 17.6 Å². The summed E-state index contributed by atoms with van der Waals surface area (Å²) in [6.45, 7) is 4.84. The van der Waals surface area contributed by atoms with Crippen molar-refractivity contribution < 1.29 is 19.4 Å². The number of aliphatic carboxylic acids is 1. The van der Waals surface area contributed by atoms with Crippen molar-refractivity contribution in [2.75, 3.05) is 19.5 Å². The molecule has 0 bridgehead atoms. The highest BCUT2D eigenvalue weighted by Gasteiger charge is 2.23. The summed E-state index contributed by atoms with van der Waals surface area (Å²) >= 11 is 1.23. The smallest absolute Gasteiger partial charge is 0.326 e. The third-order valence-electron chi connectivity index (χ3n) is 2.91. The molecule has 1 aromatic heterocycles. The molecule has 8 nitrogen and oxygen atoms in total. The number of carbonyl (C=O) groups excluding carboxylic acids is 1. The highest BCUT2D eigenvalue weighted by Crippen LogP contribution is 2.15. The van der Waals surface area contributed by atoms with Crippen LogP contribution in [0.1, 0.15) is 20.3 Å². The van der Waals surface area contributed by atoms with Crippen molar-refractivity contribution in [2.24, 2.45) is 5.92 Å². The number of thioether (sulfide) groups is 1. The number of ether oxygens (including phenoxy) is 1. The van der Waals surface area contributed by atoms with Crippen LogP contribution in [-0.2, 0) is 20.9 Å². The second-order valence-corrected chi connectivity index (χ2v) is 6.01. The van der Waals surface area contributed by atoms with Crippen LogP contribution in [0.3, 0.4) is 0 Å². The lowest BCUT2D eigenvalue weighted by molar-refractivity contribution is -0.142. The van der Waals surface area contributed by atoms with Crippen molar-refractivity contribution in [2.45, 2.75) is 38.0 Å². The quantitative estimate of drug-likeness (QED) is 0.479. The predicted octanol–water partition coefficient (Wildman–Crippen LogP) is 0.632. The maximum absolute atomic E-state index is 11.9. The zero-order valence-corrected chi connectivity index (χ0v) is 13.8. The van der Waals surface area contributed by atoms with Gasteiger partial charge in [-0.15, -0.1) is 10.2 Å². The minimum atomic E-state index is -1.03. The van der Waals surface area contributed by atoms with Gasteiger partial charge < -0.3 is 19.7 Å². The monoisotopic (exact) mass is 330 g/mol. The van der Waals surface area contributed by atoms with E-state index in [1.807, 2.05) is 4.57 Å². The van der Waals surface area contributed by atoms with E-state index in [1.165, 1.54) is 11.8 Å². The number of carbonyl (C=O) groups is 2. The lowest BCUT2D eigenvalue weighted by Crippen LogP contribution is -2.45. The molecule has 0 aliphatic rings. The van der Waals surface area contributed by atoms with Crippen LogP contribution in [0.15, 0.2) is 11.5 Å². The molecule has 9 heteroatoms. The Morgan fingerprint density at radius 1 is 1.50 bits per heavy atom. The van der Waals surface area contributed by atoms with Gasteiger partial charge in [0, 0.05) is 20.3 Å². The number of nitrogens with one attached hydrogen (secondary N) is 1. The number of hydrogen-bond acceptors (Lipinski definition) is 6. The zero-order chi connectivity index (χ0) is 16.5. The van der Waals surface area contributed by atoms with Gasteiger partial charge in [-0.05, 0) is 12.3 Å². The zero-order valence-electron chi connectivity index (χ0n) is 13.0. The second kappa shape index (κ2) is 9.42. The molecule has 22 heavy (non-hydrogen) atoms. The number of nitrogens with zero attached hydrogens (tertiary/aromatic N) is 3. The van der Waals surface area contributed by atoms with Crippen LogP contribution in [0.5, 0.6) is 0 Å². The van der Waals surface area contributed by atoms with Crippen LogP contribution in [0.25, 0.3) is 0 Å². The van der Waals surface area contributed by atoms with Crippen molar-refractivity contribution in [3.8, 4) is 0 Å². The van der Waals surface area contributed by atoms with Gasteiger partial charge in [-0.3, -0.25) is 4.79 Å². The van der Waals surface area contributed by atoms with E-state index >= 15 is 0 Å². The van der Waals surface area contributed by atoms with Crippen LogP contribution >= 0.6 is 11.8 Å². The third kappa shape index (κ3) is 6.02. The normalized spacial score (nSPS) is 12.4. The molecular formula is C13H22N4O4S. The first kappa shape index (κ1) is 18.4. The molecule has 0 aliphatic carbocycles. The van der Waals surface area contributed by atoms with Crippen molar-refractivity contribution in [3.05, 3.63) is 6.33 Å². The minimum absolute atomic E-state index is 0.0967. The second-order valence-electron chi connectivity index (χ2n) is 5.07. The first-order valence-corrected chi connectivity index (χ1v) is 7.96. The Bertz CT molecular complexity index is 492. The summed E-state index contributed by atoms with van der Waals surface area (Å²) in [6, 6.07) is -0.882. The van der Waals surface area contributed by atoms with Crippen LogP contribution in [0.4, 0.5) is 0 Å².